The zero-order valence-electron chi connectivity index (χ0n) is 18.8. The van der Waals surface area contributed by atoms with Gasteiger partial charge in [-0.15, -0.1) is 0 Å². The van der Waals surface area contributed by atoms with Crippen molar-refractivity contribution in [2.75, 3.05) is 13.2 Å². The van der Waals surface area contributed by atoms with E-state index in [9.17, 15) is 14.7 Å². The zero-order chi connectivity index (χ0) is 23.7. The van der Waals surface area contributed by atoms with E-state index in [1.807, 2.05) is 43.3 Å². The van der Waals surface area contributed by atoms with Gasteiger partial charge >= 0.3 is 0 Å². The highest BCUT2D eigenvalue weighted by Crippen LogP contribution is 2.40. The summed E-state index contributed by atoms with van der Waals surface area (Å²) < 4.78 is 12.5. The summed E-state index contributed by atoms with van der Waals surface area (Å²) in [5.41, 5.74) is 1.27. The Morgan fingerprint density at radius 3 is 2.73 bits per heavy atom. The first-order valence-electron chi connectivity index (χ1n) is 11.0. The summed E-state index contributed by atoms with van der Waals surface area (Å²) in [7, 11) is 0. The molecule has 0 spiro atoms. The lowest BCUT2D eigenvalue weighted by atomic mass is 9.94. The number of benzene rings is 2. The molecule has 33 heavy (non-hydrogen) atoms. The van der Waals surface area contributed by atoms with Crippen molar-refractivity contribution in [1.29, 1.82) is 0 Å². The van der Waals surface area contributed by atoms with E-state index in [-0.39, 0.29) is 11.3 Å². The van der Waals surface area contributed by atoms with Crippen LogP contribution in [0.3, 0.4) is 0 Å². The first kappa shape index (κ1) is 23.1. The lowest BCUT2D eigenvalue weighted by Gasteiger charge is -2.26. The molecule has 0 bridgehead atoms. The second-order valence-electron chi connectivity index (χ2n) is 8.56. The minimum atomic E-state index is -0.729. The van der Waals surface area contributed by atoms with Crippen LogP contribution in [0.1, 0.15) is 49.4 Å². The number of fused-ring (bicyclic) bond motifs is 1. The third-order valence-electron chi connectivity index (χ3n) is 5.47. The van der Waals surface area contributed by atoms with Crippen LogP contribution in [0.25, 0.3) is 11.0 Å². The maximum absolute atomic E-state index is 13.6. The van der Waals surface area contributed by atoms with Gasteiger partial charge in [0, 0.05) is 16.4 Å². The van der Waals surface area contributed by atoms with Gasteiger partial charge < -0.3 is 19.2 Å². The molecule has 0 aliphatic carbocycles. The largest absolute Gasteiger partial charge is 0.503 e. The van der Waals surface area contributed by atoms with Gasteiger partial charge in [0.05, 0.1) is 18.2 Å². The molecule has 0 fully saturated rings. The number of Topliss-reactive ketones (excluding diaryl/α,β-unsaturated/α-hetero) is 1. The Bertz CT molecular complexity index is 1240. The first-order chi connectivity index (χ1) is 15.8. The average Bonchev–Trinajstić information content (AvgIpc) is 3.32. The second-order valence-corrected chi connectivity index (χ2v) is 9.48. The minimum absolute atomic E-state index is 0.0209. The molecule has 0 saturated heterocycles. The van der Waals surface area contributed by atoms with Gasteiger partial charge in [0.25, 0.3) is 5.91 Å². The zero-order valence-corrected chi connectivity index (χ0v) is 20.4. The van der Waals surface area contributed by atoms with Crippen molar-refractivity contribution < 1.29 is 23.8 Å². The van der Waals surface area contributed by atoms with Crippen LogP contribution in [-0.4, -0.2) is 34.8 Å². The molecular weight excluding hydrogens is 486 g/mol. The number of carbonyl (C=O) groups excluding carboxylic acids is 2. The molecule has 1 unspecified atom stereocenters. The number of ketones is 1. The highest BCUT2D eigenvalue weighted by Gasteiger charge is 2.44. The van der Waals surface area contributed by atoms with Crippen molar-refractivity contribution in [2.45, 2.75) is 33.2 Å². The third kappa shape index (κ3) is 4.55. The molecule has 4 rings (SSSR count). The van der Waals surface area contributed by atoms with Crippen molar-refractivity contribution in [2.24, 2.45) is 5.92 Å². The number of hydrogen-bond acceptors (Lipinski definition) is 5. The summed E-state index contributed by atoms with van der Waals surface area (Å²) in [6.45, 7) is 7.01. The molecule has 6 nitrogen and oxygen atoms in total. The lowest BCUT2D eigenvalue weighted by Crippen LogP contribution is -2.31. The number of nitrogens with zero attached hydrogens (tertiary/aromatic N) is 1. The van der Waals surface area contributed by atoms with Crippen LogP contribution in [0.5, 0.6) is 5.75 Å². The van der Waals surface area contributed by atoms with Crippen LogP contribution < -0.4 is 4.74 Å². The Kier molecular flexibility index (Phi) is 6.61. The average molecular weight is 512 g/mol. The van der Waals surface area contributed by atoms with Crippen LogP contribution in [0.15, 0.2) is 68.8 Å². The van der Waals surface area contributed by atoms with Gasteiger partial charge in [0.2, 0.25) is 5.78 Å². The van der Waals surface area contributed by atoms with Gasteiger partial charge in [-0.1, -0.05) is 48.8 Å². The van der Waals surface area contributed by atoms with Crippen molar-refractivity contribution in [1.82, 2.24) is 4.90 Å². The molecule has 172 valence electrons. The Labute approximate surface area is 201 Å². The molecule has 2 aromatic carbocycles. The van der Waals surface area contributed by atoms with E-state index < -0.39 is 23.5 Å². The molecule has 0 radical (unpaired) electrons. The molecule has 1 atom stereocenters. The predicted molar refractivity (Wildman–Crippen MR) is 129 cm³/mol. The number of halogens is 1. The Morgan fingerprint density at radius 1 is 1.21 bits per heavy atom. The van der Waals surface area contributed by atoms with Gasteiger partial charge in [-0.3, -0.25) is 9.59 Å². The smallest absolute Gasteiger partial charge is 0.290 e. The number of aliphatic hydroxyl groups is 1. The van der Waals surface area contributed by atoms with Crippen LogP contribution in [-0.2, 0) is 4.79 Å². The standard InChI is InChI=1S/C26H26BrNO5/c1-4-10-28-23(16-6-5-7-19(12-16)32-14-15(2)3)22(25(30)26(28)31)24(29)21-13-17-11-18(27)8-9-20(17)33-21/h5-9,11-13,15,23,30H,4,10,14H2,1-3H3. The number of ether oxygens (including phenoxy) is 1. The number of aliphatic hydroxyl groups excluding tert-OH is 1. The van der Waals surface area contributed by atoms with Gasteiger partial charge in [-0.25, -0.2) is 0 Å². The van der Waals surface area contributed by atoms with Crippen molar-refractivity contribution >= 4 is 38.6 Å². The number of hydrogen-bond donors (Lipinski definition) is 1. The van der Waals surface area contributed by atoms with Crippen molar-refractivity contribution in [3.8, 4) is 5.75 Å². The van der Waals surface area contributed by atoms with E-state index in [4.69, 9.17) is 9.15 Å². The Balaban J connectivity index is 1.76. The summed E-state index contributed by atoms with van der Waals surface area (Å²) in [6.07, 6.45) is 0.680. The molecule has 1 aliphatic heterocycles. The highest BCUT2D eigenvalue weighted by molar-refractivity contribution is 9.10. The monoisotopic (exact) mass is 511 g/mol. The van der Waals surface area contributed by atoms with Crippen LogP contribution in [0.2, 0.25) is 0 Å². The van der Waals surface area contributed by atoms with E-state index in [2.05, 4.69) is 29.8 Å². The van der Waals surface area contributed by atoms with Crippen LogP contribution in [0.4, 0.5) is 0 Å². The van der Waals surface area contributed by atoms with E-state index >= 15 is 0 Å². The van der Waals surface area contributed by atoms with Crippen molar-refractivity contribution in [3.63, 3.8) is 0 Å². The summed E-state index contributed by atoms with van der Waals surface area (Å²) >= 11 is 3.42. The number of carbonyl (C=O) groups is 2. The molecule has 1 amide bonds. The maximum Gasteiger partial charge on any atom is 0.290 e. The summed E-state index contributed by atoms with van der Waals surface area (Å²) in [5, 5.41) is 11.5. The van der Waals surface area contributed by atoms with E-state index in [1.165, 1.54) is 4.90 Å². The quantitative estimate of drug-likeness (QED) is 0.363. The number of furan rings is 1. The fourth-order valence-corrected chi connectivity index (χ4v) is 4.38. The minimum Gasteiger partial charge on any atom is -0.503 e. The molecule has 1 N–H and O–H groups in total. The molecule has 7 heteroatoms. The van der Waals surface area contributed by atoms with Crippen molar-refractivity contribution in [3.05, 3.63) is 75.7 Å². The Hall–Kier alpha value is -3.06. The fraction of sp³-hybridized carbons (Fsp3) is 0.308. The fourth-order valence-electron chi connectivity index (χ4n) is 4.00. The van der Waals surface area contributed by atoms with E-state index in [1.54, 1.807) is 12.1 Å². The van der Waals surface area contributed by atoms with Crippen LogP contribution in [0, 0.1) is 5.92 Å². The lowest BCUT2D eigenvalue weighted by molar-refractivity contribution is -0.129. The number of amides is 1. The highest BCUT2D eigenvalue weighted by atomic mass is 79.9. The first-order valence-corrected chi connectivity index (χ1v) is 11.8. The molecular formula is C26H26BrNO5. The van der Waals surface area contributed by atoms with Gasteiger partial charge in [-0.05, 0) is 54.3 Å². The second kappa shape index (κ2) is 9.43. The molecule has 1 aromatic heterocycles. The molecule has 1 aliphatic rings. The summed E-state index contributed by atoms with van der Waals surface area (Å²) in [4.78, 5) is 28.0. The van der Waals surface area contributed by atoms with Gasteiger partial charge in [0.15, 0.2) is 11.5 Å². The topological polar surface area (TPSA) is 80.0 Å². The van der Waals surface area contributed by atoms with Gasteiger partial charge in [0.1, 0.15) is 11.3 Å². The van der Waals surface area contributed by atoms with E-state index in [0.29, 0.717) is 42.4 Å². The molecule has 3 aromatic rings. The summed E-state index contributed by atoms with van der Waals surface area (Å²) in [5.74, 6) is -0.520. The SMILES string of the molecule is CCCN1C(=O)C(O)=C(C(=O)c2cc3cc(Br)ccc3o2)C1c1cccc(OCC(C)C)c1. The number of rotatable bonds is 8. The molecule has 2 heterocycles. The predicted octanol–water partition coefficient (Wildman–Crippen LogP) is 6.22. The Morgan fingerprint density at radius 2 is 2.00 bits per heavy atom. The third-order valence-corrected chi connectivity index (χ3v) is 5.97. The van der Waals surface area contributed by atoms with E-state index in [0.717, 1.165) is 9.86 Å². The normalized spacial score (nSPS) is 16.3. The maximum atomic E-state index is 13.6. The van der Waals surface area contributed by atoms with Crippen LogP contribution >= 0.6 is 15.9 Å². The summed E-state index contributed by atoms with van der Waals surface area (Å²) in [6, 6.07) is 13.7. The van der Waals surface area contributed by atoms with Gasteiger partial charge in [-0.2, -0.15) is 0 Å². The molecule has 0 saturated carbocycles.